The van der Waals surface area contributed by atoms with Gasteiger partial charge in [-0.1, -0.05) is 17.7 Å². The molecule has 0 unspecified atom stereocenters. The van der Waals surface area contributed by atoms with E-state index in [0.717, 1.165) is 36.8 Å². The minimum absolute atomic E-state index is 0.665. The van der Waals surface area contributed by atoms with Crippen molar-refractivity contribution in [1.82, 2.24) is 0 Å². The first-order chi connectivity index (χ1) is 9.24. The molecule has 2 N–H and O–H groups in total. The second kappa shape index (κ2) is 7.13. The predicted octanol–water partition coefficient (Wildman–Crippen LogP) is 2.70. The molecule has 0 amide bonds. The molecule has 1 saturated heterocycles. The van der Waals surface area contributed by atoms with Gasteiger partial charge in [-0.2, -0.15) is 0 Å². The van der Waals surface area contributed by atoms with E-state index in [0.29, 0.717) is 12.5 Å². The fourth-order valence-electron chi connectivity index (χ4n) is 2.71. The summed E-state index contributed by atoms with van der Waals surface area (Å²) in [6.45, 7) is 3.66. The van der Waals surface area contributed by atoms with Crippen LogP contribution < -0.4 is 10.6 Å². The van der Waals surface area contributed by atoms with Crippen LogP contribution in [0.4, 0.5) is 5.69 Å². The molecule has 1 heterocycles. The number of methoxy groups -OCH3 is 1. The molecule has 1 aliphatic rings. The van der Waals surface area contributed by atoms with Crippen molar-refractivity contribution < 1.29 is 4.74 Å². The molecule has 0 aromatic heterocycles. The highest BCUT2D eigenvalue weighted by atomic mass is 35.5. The maximum atomic E-state index is 6.39. The lowest BCUT2D eigenvalue weighted by Crippen LogP contribution is -2.35. The number of piperidine rings is 1. The average molecular weight is 283 g/mol. The van der Waals surface area contributed by atoms with Crippen LogP contribution in [-0.4, -0.2) is 33.4 Å². The number of benzene rings is 1. The Morgan fingerprint density at radius 2 is 2.11 bits per heavy atom. The molecule has 4 heteroatoms. The molecule has 19 heavy (non-hydrogen) atoms. The highest BCUT2D eigenvalue weighted by Crippen LogP contribution is 2.30. The van der Waals surface area contributed by atoms with Gasteiger partial charge in [-0.3, -0.25) is 0 Å². The summed E-state index contributed by atoms with van der Waals surface area (Å²) in [4.78, 5) is 2.38. The normalized spacial score (nSPS) is 16.9. The minimum Gasteiger partial charge on any atom is -0.384 e. The first-order valence-electron chi connectivity index (χ1n) is 6.97. The van der Waals surface area contributed by atoms with Gasteiger partial charge < -0.3 is 15.4 Å². The lowest BCUT2D eigenvalue weighted by Gasteiger charge is -2.34. The van der Waals surface area contributed by atoms with E-state index in [9.17, 15) is 0 Å². The van der Waals surface area contributed by atoms with Crippen molar-refractivity contribution in [3.8, 4) is 0 Å². The Kier molecular flexibility index (Phi) is 5.49. The van der Waals surface area contributed by atoms with Gasteiger partial charge in [0, 0.05) is 26.8 Å². The predicted molar refractivity (Wildman–Crippen MR) is 81.0 cm³/mol. The molecule has 0 atom stereocenters. The molecule has 0 bridgehead atoms. The summed E-state index contributed by atoms with van der Waals surface area (Å²) in [6, 6.07) is 6.31. The van der Waals surface area contributed by atoms with Gasteiger partial charge >= 0.3 is 0 Å². The molecule has 0 saturated carbocycles. The fourth-order valence-corrected chi connectivity index (χ4v) is 3.03. The molecule has 1 fully saturated rings. The Balaban J connectivity index is 1.99. The molecule has 1 aromatic rings. The molecule has 0 aliphatic carbocycles. The number of anilines is 1. The monoisotopic (exact) mass is 282 g/mol. The maximum absolute atomic E-state index is 6.39. The van der Waals surface area contributed by atoms with E-state index < -0.39 is 0 Å². The molecule has 2 rings (SSSR count). The topological polar surface area (TPSA) is 38.5 Å². The smallest absolute Gasteiger partial charge is 0.0642 e. The van der Waals surface area contributed by atoms with Crippen LogP contribution in [0.15, 0.2) is 18.2 Å². The first kappa shape index (κ1) is 14.6. The van der Waals surface area contributed by atoms with Crippen LogP contribution in [0.1, 0.15) is 18.4 Å². The van der Waals surface area contributed by atoms with Gasteiger partial charge in [0.1, 0.15) is 0 Å². The van der Waals surface area contributed by atoms with Crippen molar-refractivity contribution in [2.75, 3.05) is 38.3 Å². The molecule has 106 valence electrons. The summed E-state index contributed by atoms with van der Waals surface area (Å²) in [5, 5.41) is 0.844. The lowest BCUT2D eigenvalue weighted by molar-refractivity contribution is 0.139. The Morgan fingerprint density at radius 3 is 2.68 bits per heavy atom. The van der Waals surface area contributed by atoms with Gasteiger partial charge in [0.15, 0.2) is 0 Å². The summed E-state index contributed by atoms with van der Waals surface area (Å²) in [7, 11) is 1.78. The molecular weight excluding hydrogens is 260 g/mol. The summed E-state index contributed by atoms with van der Waals surface area (Å²) < 4.78 is 5.23. The van der Waals surface area contributed by atoms with Crippen molar-refractivity contribution in [3.63, 3.8) is 0 Å². The first-order valence-corrected chi connectivity index (χ1v) is 7.34. The van der Waals surface area contributed by atoms with Crippen LogP contribution in [0, 0.1) is 5.92 Å². The number of ether oxygens (including phenoxy) is 1. The standard InChI is InChI=1S/C15H23ClN2O/c1-19-11-13-5-8-18(9-6-13)15-3-2-12(4-7-17)10-14(15)16/h2-3,10,13H,4-9,11,17H2,1H3. The number of hydrogen-bond acceptors (Lipinski definition) is 3. The highest BCUT2D eigenvalue weighted by Gasteiger charge is 2.20. The van der Waals surface area contributed by atoms with Crippen molar-refractivity contribution in [2.45, 2.75) is 19.3 Å². The number of hydrogen-bond donors (Lipinski definition) is 1. The van der Waals surface area contributed by atoms with Crippen LogP contribution in [0.25, 0.3) is 0 Å². The second-order valence-electron chi connectivity index (χ2n) is 5.21. The molecular formula is C15H23ClN2O. The van der Waals surface area contributed by atoms with E-state index in [1.165, 1.54) is 18.4 Å². The van der Waals surface area contributed by atoms with Gasteiger partial charge in [-0.25, -0.2) is 0 Å². The largest absolute Gasteiger partial charge is 0.384 e. The minimum atomic E-state index is 0.665. The molecule has 1 aromatic carbocycles. The summed E-state index contributed by atoms with van der Waals surface area (Å²) in [5.74, 6) is 0.691. The van der Waals surface area contributed by atoms with E-state index in [4.69, 9.17) is 22.1 Å². The molecule has 1 aliphatic heterocycles. The zero-order valence-electron chi connectivity index (χ0n) is 11.6. The molecule has 0 spiro atoms. The van der Waals surface area contributed by atoms with Crippen LogP contribution >= 0.6 is 11.6 Å². The molecule has 0 radical (unpaired) electrons. The summed E-state index contributed by atoms with van der Waals surface area (Å²) >= 11 is 6.39. The zero-order valence-corrected chi connectivity index (χ0v) is 12.3. The van der Waals surface area contributed by atoms with Gasteiger partial charge in [0.2, 0.25) is 0 Å². The third-order valence-corrected chi connectivity index (χ3v) is 4.11. The second-order valence-corrected chi connectivity index (χ2v) is 5.62. The Labute approximate surface area is 120 Å². The van der Waals surface area contributed by atoms with Gasteiger partial charge in [-0.05, 0) is 49.4 Å². The fraction of sp³-hybridized carbons (Fsp3) is 0.600. The zero-order chi connectivity index (χ0) is 13.7. The van der Waals surface area contributed by atoms with E-state index in [1.807, 2.05) is 6.07 Å². The quantitative estimate of drug-likeness (QED) is 0.902. The van der Waals surface area contributed by atoms with E-state index in [1.54, 1.807) is 7.11 Å². The van der Waals surface area contributed by atoms with Crippen LogP contribution in [0.5, 0.6) is 0 Å². The van der Waals surface area contributed by atoms with Crippen LogP contribution in [0.2, 0.25) is 5.02 Å². The van der Waals surface area contributed by atoms with Gasteiger partial charge in [0.25, 0.3) is 0 Å². The Bertz CT molecular complexity index is 403. The maximum Gasteiger partial charge on any atom is 0.0642 e. The van der Waals surface area contributed by atoms with Crippen molar-refractivity contribution in [3.05, 3.63) is 28.8 Å². The lowest BCUT2D eigenvalue weighted by atomic mass is 9.97. The van der Waals surface area contributed by atoms with E-state index in [-0.39, 0.29) is 0 Å². The van der Waals surface area contributed by atoms with Gasteiger partial charge in [0.05, 0.1) is 10.7 Å². The third kappa shape index (κ3) is 3.85. The number of halogens is 1. The highest BCUT2D eigenvalue weighted by molar-refractivity contribution is 6.33. The SMILES string of the molecule is COCC1CCN(c2ccc(CCN)cc2Cl)CC1. The Hall–Kier alpha value is -0.770. The average Bonchev–Trinajstić information content (AvgIpc) is 2.41. The summed E-state index contributed by atoms with van der Waals surface area (Å²) in [6.07, 6.45) is 3.24. The van der Waals surface area contributed by atoms with Crippen LogP contribution in [-0.2, 0) is 11.2 Å². The van der Waals surface area contributed by atoms with E-state index in [2.05, 4.69) is 17.0 Å². The van der Waals surface area contributed by atoms with Crippen LogP contribution in [0.3, 0.4) is 0 Å². The number of nitrogens with two attached hydrogens (primary N) is 1. The summed E-state index contributed by atoms with van der Waals surface area (Å²) in [5.41, 5.74) is 7.93. The number of rotatable bonds is 5. The van der Waals surface area contributed by atoms with Crippen molar-refractivity contribution in [1.29, 1.82) is 0 Å². The van der Waals surface area contributed by atoms with E-state index >= 15 is 0 Å². The Morgan fingerprint density at radius 1 is 1.37 bits per heavy atom. The van der Waals surface area contributed by atoms with Crippen molar-refractivity contribution >= 4 is 17.3 Å². The van der Waals surface area contributed by atoms with Crippen molar-refractivity contribution in [2.24, 2.45) is 11.7 Å². The third-order valence-electron chi connectivity index (χ3n) is 3.80. The van der Waals surface area contributed by atoms with Gasteiger partial charge in [-0.15, -0.1) is 0 Å². The molecule has 3 nitrogen and oxygen atoms in total. The number of nitrogens with zero attached hydrogens (tertiary/aromatic N) is 1.